The van der Waals surface area contributed by atoms with E-state index in [4.69, 9.17) is 4.74 Å². The van der Waals surface area contributed by atoms with Crippen LogP contribution in [-0.2, 0) is 17.8 Å². The van der Waals surface area contributed by atoms with E-state index in [0.29, 0.717) is 30.1 Å². The minimum atomic E-state index is -0.240. The Labute approximate surface area is 179 Å². The molecule has 1 amide bonds. The zero-order valence-electron chi connectivity index (χ0n) is 16.7. The number of hydrogen-bond donors (Lipinski definition) is 0. The van der Waals surface area contributed by atoms with Crippen molar-refractivity contribution in [1.29, 1.82) is 0 Å². The maximum atomic E-state index is 14.1. The summed E-state index contributed by atoms with van der Waals surface area (Å²) in [6.45, 7) is 5.36. The molecule has 8 heteroatoms. The highest BCUT2D eigenvalue weighted by Crippen LogP contribution is 2.16. The molecule has 1 aliphatic heterocycles. The lowest BCUT2D eigenvalue weighted by molar-refractivity contribution is 0.0319. The van der Waals surface area contributed by atoms with Crippen LogP contribution in [0.1, 0.15) is 21.1 Å². The van der Waals surface area contributed by atoms with Crippen molar-refractivity contribution in [3.05, 3.63) is 76.3 Å². The van der Waals surface area contributed by atoms with E-state index >= 15 is 0 Å². The van der Waals surface area contributed by atoms with Crippen LogP contribution in [0, 0.1) is 5.82 Å². The molecule has 0 atom stereocenters. The molecule has 30 heavy (non-hydrogen) atoms. The summed E-state index contributed by atoms with van der Waals surface area (Å²) in [5.41, 5.74) is 0.598. The number of hydrogen-bond acceptors (Lipinski definition) is 5. The molecule has 0 saturated carbocycles. The average molecular weight is 429 g/mol. The van der Waals surface area contributed by atoms with E-state index in [0.717, 1.165) is 38.7 Å². The Morgan fingerprint density at radius 2 is 2.03 bits per heavy atom. The molecule has 0 bridgehead atoms. The second-order valence-electron chi connectivity index (χ2n) is 7.22. The molecule has 0 N–H and O–H groups in total. The summed E-state index contributed by atoms with van der Waals surface area (Å²) in [4.78, 5) is 22.4. The summed E-state index contributed by atoms with van der Waals surface area (Å²) < 4.78 is 21.4. The number of aromatic nitrogens is 2. The van der Waals surface area contributed by atoms with Crippen molar-refractivity contribution in [3.63, 3.8) is 0 Å². The number of carbonyl (C=O) groups excluding carboxylic acids is 1. The first-order valence-corrected chi connectivity index (χ1v) is 10.9. The summed E-state index contributed by atoms with van der Waals surface area (Å²) in [6.07, 6.45) is 3.53. The van der Waals surface area contributed by atoms with Crippen LogP contribution in [0.3, 0.4) is 0 Å². The first-order valence-electron chi connectivity index (χ1n) is 10.1. The monoisotopic (exact) mass is 428 g/mol. The molecule has 2 aromatic heterocycles. The second kappa shape index (κ2) is 9.97. The molecule has 0 aliphatic carbocycles. The number of rotatable bonds is 8. The molecule has 6 nitrogen and oxygen atoms in total. The fraction of sp³-hybridized carbons (Fsp3) is 0.364. The van der Waals surface area contributed by atoms with Crippen molar-refractivity contribution in [1.82, 2.24) is 19.4 Å². The Bertz CT molecular complexity index is 954. The number of nitrogens with zero attached hydrogens (tertiary/aromatic N) is 4. The summed E-state index contributed by atoms with van der Waals surface area (Å²) in [5.74, 6) is 0.500. The van der Waals surface area contributed by atoms with Crippen LogP contribution < -0.4 is 0 Å². The third kappa shape index (κ3) is 5.13. The van der Waals surface area contributed by atoms with Gasteiger partial charge in [0.15, 0.2) is 0 Å². The number of morpholine rings is 1. The zero-order chi connectivity index (χ0) is 20.8. The molecule has 1 aliphatic rings. The van der Waals surface area contributed by atoms with Crippen molar-refractivity contribution in [3.8, 4) is 0 Å². The van der Waals surface area contributed by atoms with Gasteiger partial charge in [-0.3, -0.25) is 9.69 Å². The number of benzene rings is 1. The highest BCUT2D eigenvalue weighted by molar-refractivity contribution is 7.12. The highest BCUT2D eigenvalue weighted by atomic mass is 32.1. The lowest BCUT2D eigenvalue weighted by Gasteiger charge is -2.30. The van der Waals surface area contributed by atoms with Crippen LogP contribution in [0.25, 0.3) is 0 Å². The molecule has 1 saturated heterocycles. The smallest absolute Gasteiger partial charge is 0.264 e. The summed E-state index contributed by atoms with van der Waals surface area (Å²) in [5, 5.41) is 1.91. The van der Waals surface area contributed by atoms with Crippen molar-refractivity contribution in [2.45, 2.75) is 13.1 Å². The summed E-state index contributed by atoms with van der Waals surface area (Å²) in [7, 11) is 0. The fourth-order valence-electron chi connectivity index (χ4n) is 3.51. The lowest BCUT2D eigenvalue weighted by Crippen LogP contribution is -2.43. The zero-order valence-corrected chi connectivity index (χ0v) is 17.6. The quantitative estimate of drug-likeness (QED) is 0.553. The number of imidazole rings is 1. The molecular weight excluding hydrogens is 403 g/mol. The van der Waals surface area contributed by atoms with Crippen LogP contribution in [0.4, 0.5) is 4.39 Å². The summed E-state index contributed by atoms with van der Waals surface area (Å²) in [6, 6.07) is 10.5. The Balaban J connectivity index is 1.49. The highest BCUT2D eigenvalue weighted by Gasteiger charge is 2.21. The van der Waals surface area contributed by atoms with Crippen LogP contribution in [0.2, 0.25) is 0 Å². The van der Waals surface area contributed by atoms with Gasteiger partial charge in [-0.05, 0) is 17.5 Å². The van der Waals surface area contributed by atoms with Gasteiger partial charge < -0.3 is 14.2 Å². The van der Waals surface area contributed by atoms with Crippen LogP contribution in [0.15, 0.2) is 54.2 Å². The number of ether oxygens (including phenoxy) is 1. The van der Waals surface area contributed by atoms with Gasteiger partial charge in [0.1, 0.15) is 11.6 Å². The van der Waals surface area contributed by atoms with Gasteiger partial charge in [-0.1, -0.05) is 24.3 Å². The maximum absolute atomic E-state index is 14.1. The van der Waals surface area contributed by atoms with Crippen molar-refractivity contribution >= 4 is 17.2 Å². The van der Waals surface area contributed by atoms with Crippen LogP contribution in [-0.4, -0.2) is 64.7 Å². The van der Waals surface area contributed by atoms with Gasteiger partial charge in [0, 0.05) is 44.1 Å². The number of carbonyl (C=O) groups is 1. The summed E-state index contributed by atoms with van der Waals surface area (Å²) >= 11 is 1.44. The van der Waals surface area contributed by atoms with Gasteiger partial charge in [-0.15, -0.1) is 11.3 Å². The normalized spacial score (nSPS) is 14.7. The Morgan fingerprint density at radius 3 is 2.80 bits per heavy atom. The van der Waals surface area contributed by atoms with Crippen molar-refractivity contribution in [2.24, 2.45) is 0 Å². The molecule has 0 radical (unpaired) electrons. The average Bonchev–Trinajstić information content (AvgIpc) is 3.45. The standard InChI is InChI=1S/C22H25FN4O2S/c23-19-5-2-1-4-18(19)16-26-8-7-24-21(26)17-27(22(28)20-6-3-15-30-20)10-9-25-11-13-29-14-12-25/h1-8,15H,9-14,16-17H2. The molecule has 0 unspecified atom stereocenters. The Hall–Kier alpha value is -2.55. The Morgan fingerprint density at radius 1 is 1.20 bits per heavy atom. The number of halogens is 1. The second-order valence-corrected chi connectivity index (χ2v) is 8.17. The van der Waals surface area contributed by atoms with E-state index in [1.54, 1.807) is 18.3 Å². The van der Waals surface area contributed by atoms with E-state index in [1.165, 1.54) is 17.4 Å². The fourth-order valence-corrected chi connectivity index (χ4v) is 4.20. The van der Waals surface area contributed by atoms with Crippen LogP contribution >= 0.6 is 11.3 Å². The van der Waals surface area contributed by atoms with Gasteiger partial charge in [0.25, 0.3) is 5.91 Å². The van der Waals surface area contributed by atoms with Gasteiger partial charge in [0.2, 0.25) is 0 Å². The molecule has 1 aromatic carbocycles. The van der Waals surface area contributed by atoms with Gasteiger partial charge in [-0.25, -0.2) is 9.37 Å². The predicted octanol–water partition coefficient (Wildman–Crippen LogP) is 3.11. The third-order valence-electron chi connectivity index (χ3n) is 5.24. The molecule has 0 spiro atoms. The molecule has 3 heterocycles. The van der Waals surface area contributed by atoms with Gasteiger partial charge in [0.05, 0.1) is 31.2 Å². The number of thiophene rings is 1. The Kier molecular flexibility index (Phi) is 6.88. The topological polar surface area (TPSA) is 50.6 Å². The van der Waals surface area contributed by atoms with E-state index < -0.39 is 0 Å². The van der Waals surface area contributed by atoms with Crippen molar-refractivity contribution in [2.75, 3.05) is 39.4 Å². The minimum Gasteiger partial charge on any atom is -0.379 e. The first kappa shape index (κ1) is 20.7. The minimum absolute atomic E-state index is 0.00120. The largest absolute Gasteiger partial charge is 0.379 e. The van der Waals surface area contributed by atoms with Gasteiger partial charge >= 0.3 is 0 Å². The van der Waals surface area contributed by atoms with E-state index in [9.17, 15) is 9.18 Å². The molecular formula is C22H25FN4O2S. The van der Waals surface area contributed by atoms with Crippen molar-refractivity contribution < 1.29 is 13.9 Å². The van der Waals surface area contributed by atoms with E-state index in [-0.39, 0.29) is 11.7 Å². The lowest BCUT2D eigenvalue weighted by atomic mass is 10.2. The third-order valence-corrected chi connectivity index (χ3v) is 6.10. The molecule has 158 valence electrons. The van der Waals surface area contributed by atoms with E-state index in [2.05, 4.69) is 9.88 Å². The van der Waals surface area contributed by atoms with Gasteiger partial charge in [-0.2, -0.15) is 0 Å². The first-order chi connectivity index (χ1) is 14.7. The van der Waals surface area contributed by atoms with E-state index in [1.807, 2.05) is 39.2 Å². The van der Waals surface area contributed by atoms with Crippen LogP contribution in [0.5, 0.6) is 0 Å². The number of amides is 1. The maximum Gasteiger partial charge on any atom is 0.264 e. The molecule has 4 rings (SSSR count). The molecule has 1 fully saturated rings. The SMILES string of the molecule is O=C(c1cccs1)N(CCN1CCOCC1)Cc1nccn1Cc1ccccc1F. The predicted molar refractivity (Wildman–Crippen MR) is 114 cm³/mol. The molecule has 3 aromatic rings.